The van der Waals surface area contributed by atoms with Gasteiger partial charge in [-0.25, -0.2) is 4.99 Å². The van der Waals surface area contributed by atoms with Gasteiger partial charge in [-0.3, -0.25) is 4.79 Å². The van der Waals surface area contributed by atoms with Crippen LogP contribution in [0.3, 0.4) is 0 Å². The van der Waals surface area contributed by atoms with Gasteiger partial charge in [-0.2, -0.15) is 0 Å². The van der Waals surface area contributed by atoms with Crippen LogP contribution in [0.2, 0.25) is 5.02 Å². The molecule has 1 N–H and O–H groups in total. The first-order chi connectivity index (χ1) is 12.5. The van der Waals surface area contributed by atoms with E-state index < -0.39 is 0 Å². The molecule has 4 nitrogen and oxygen atoms in total. The molecule has 3 aromatic rings. The second kappa shape index (κ2) is 6.67. The summed E-state index contributed by atoms with van der Waals surface area (Å²) >= 11 is 7.39. The lowest BCUT2D eigenvalue weighted by atomic mass is 10.1. The third-order valence-corrected chi connectivity index (χ3v) is 5.40. The molecule has 0 radical (unpaired) electrons. The Morgan fingerprint density at radius 1 is 1.23 bits per heavy atom. The number of halogens is 1. The number of hydrogen-bond donors (Lipinski definition) is 1. The summed E-state index contributed by atoms with van der Waals surface area (Å²) in [6.45, 7) is 1.96. The van der Waals surface area contributed by atoms with Crippen molar-refractivity contribution in [2.75, 3.05) is 0 Å². The lowest BCUT2D eigenvalue weighted by molar-refractivity contribution is -0.115. The van der Waals surface area contributed by atoms with E-state index in [1.807, 2.05) is 50.5 Å². The summed E-state index contributed by atoms with van der Waals surface area (Å²) in [5.74, 6) is -0.138. The van der Waals surface area contributed by atoms with Gasteiger partial charge in [-0.15, -0.1) is 0 Å². The molecule has 1 fully saturated rings. The highest BCUT2D eigenvalue weighted by atomic mass is 35.5. The van der Waals surface area contributed by atoms with Gasteiger partial charge in [0.2, 0.25) is 0 Å². The number of amidine groups is 1. The van der Waals surface area contributed by atoms with Gasteiger partial charge in [0, 0.05) is 34.7 Å². The number of carbonyl (C=O) groups is 1. The van der Waals surface area contributed by atoms with Crippen molar-refractivity contribution in [1.82, 2.24) is 9.88 Å². The molecule has 2 heterocycles. The maximum Gasteiger partial charge on any atom is 0.264 e. The number of aliphatic imine (C=N–C) groups is 1. The van der Waals surface area contributed by atoms with Crippen molar-refractivity contribution in [2.24, 2.45) is 12.0 Å². The summed E-state index contributed by atoms with van der Waals surface area (Å²) in [5, 5.41) is 5.13. The molecule has 4 rings (SSSR count). The topological polar surface area (TPSA) is 46.4 Å². The highest BCUT2D eigenvalue weighted by Crippen LogP contribution is 2.32. The highest BCUT2D eigenvalue weighted by Gasteiger charge is 2.24. The van der Waals surface area contributed by atoms with Crippen LogP contribution >= 0.6 is 23.4 Å². The SMILES string of the molecule is Cc1ccc(Cl)cc1N=C1NC(=O)/C(=C/c2cn(C)c3ccccc23)S1. The van der Waals surface area contributed by atoms with Crippen molar-refractivity contribution < 1.29 is 4.79 Å². The van der Waals surface area contributed by atoms with E-state index in [9.17, 15) is 4.79 Å². The van der Waals surface area contributed by atoms with Crippen LogP contribution < -0.4 is 5.32 Å². The lowest BCUT2D eigenvalue weighted by Crippen LogP contribution is -2.19. The van der Waals surface area contributed by atoms with Crippen LogP contribution in [0.1, 0.15) is 11.1 Å². The van der Waals surface area contributed by atoms with Gasteiger partial charge < -0.3 is 9.88 Å². The summed E-state index contributed by atoms with van der Waals surface area (Å²) < 4.78 is 2.06. The second-order valence-corrected chi connectivity index (χ2v) is 7.59. The molecule has 6 heteroatoms. The quantitative estimate of drug-likeness (QED) is 0.632. The van der Waals surface area contributed by atoms with E-state index in [1.165, 1.54) is 11.8 Å². The number of nitrogens with zero attached hydrogens (tertiary/aromatic N) is 2. The Morgan fingerprint density at radius 2 is 2.04 bits per heavy atom. The summed E-state index contributed by atoms with van der Waals surface area (Å²) in [7, 11) is 2.00. The van der Waals surface area contributed by atoms with Crippen LogP contribution in [0.4, 0.5) is 5.69 Å². The molecule has 26 heavy (non-hydrogen) atoms. The number of hydrogen-bond acceptors (Lipinski definition) is 3. The van der Waals surface area contributed by atoms with Gasteiger partial charge in [0.25, 0.3) is 5.91 Å². The third kappa shape index (κ3) is 3.16. The first kappa shape index (κ1) is 16.9. The fraction of sp³-hybridized carbons (Fsp3) is 0.100. The fourth-order valence-corrected chi connectivity index (χ4v) is 3.91. The number of benzene rings is 2. The minimum atomic E-state index is -0.138. The molecule has 0 bridgehead atoms. The van der Waals surface area contributed by atoms with Crippen LogP contribution in [0.25, 0.3) is 17.0 Å². The van der Waals surface area contributed by atoms with Crippen LogP contribution in [-0.2, 0) is 11.8 Å². The van der Waals surface area contributed by atoms with Gasteiger partial charge in [0.15, 0.2) is 5.17 Å². The van der Waals surface area contributed by atoms with Crippen molar-refractivity contribution in [3.05, 3.63) is 69.7 Å². The minimum Gasteiger partial charge on any atom is -0.350 e. The van der Waals surface area contributed by atoms with Crippen LogP contribution in [0, 0.1) is 6.92 Å². The molecule has 2 aromatic carbocycles. The summed E-state index contributed by atoms with van der Waals surface area (Å²) in [6.07, 6.45) is 3.94. The highest BCUT2D eigenvalue weighted by molar-refractivity contribution is 8.18. The number of carbonyl (C=O) groups excluding carboxylic acids is 1. The number of nitrogens with one attached hydrogen (secondary N) is 1. The monoisotopic (exact) mass is 381 g/mol. The first-order valence-corrected chi connectivity index (χ1v) is 9.30. The molecular weight excluding hydrogens is 366 g/mol. The molecule has 0 unspecified atom stereocenters. The molecule has 1 saturated heterocycles. The molecule has 0 saturated carbocycles. The van der Waals surface area contributed by atoms with Gasteiger partial charge in [0.05, 0.1) is 10.6 Å². The van der Waals surface area contributed by atoms with E-state index in [-0.39, 0.29) is 5.91 Å². The predicted octanol–water partition coefficient (Wildman–Crippen LogP) is 5.03. The molecule has 0 aliphatic carbocycles. The van der Waals surface area contributed by atoms with Gasteiger partial charge in [-0.1, -0.05) is 35.9 Å². The van der Waals surface area contributed by atoms with Crippen molar-refractivity contribution in [1.29, 1.82) is 0 Å². The molecule has 0 atom stereocenters. The van der Waals surface area contributed by atoms with E-state index in [0.29, 0.717) is 15.1 Å². The molecule has 1 aliphatic heterocycles. The molecule has 1 aromatic heterocycles. The number of fused-ring (bicyclic) bond motifs is 1. The Bertz CT molecular complexity index is 1100. The van der Waals surface area contributed by atoms with Gasteiger partial charge in [0.1, 0.15) is 0 Å². The van der Waals surface area contributed by atoms with Crippen molar-refractivity contribution >= 4 is 57.1 Å². The minimum absolute atomic E-state index is 0.138. The third-order valence-electron chi connectivity index (χ3n) is 4.26. The number of aromatic nitrogens is 1. The van der Waals surface area contributed by atoms with E-state index in [0.717, 1.165) is 27.7 Å². The predicted molar refractivity (Wildman–Crippen MR) is 110 cm³/mol. The van der Waals surface area contributed by atoms with E-state index in [2.05, 4.69) is 27.0 Å². The Morgan fingerprint density at radius 3 is 2.88 bits per heavy atom. The van der Waals surface area contributed by atoms with E-state index in [1.54, 1.807) is 6.07 Å². The summed E-state index contributed by atoms with van der Waals surface area (Å²) in [4.78, 5) is 17.5. The Hall–Kier alpha value is -2.50. The smallest absolute Gasteiger partial charge is 0.264 e. The fourth-order valence-electron chi connectivity index (χ4n) is 2.92. The van der Waals surface area contributed by atoms with E-state index in [4.69, 9.17) is 11.6 Å². The number of aryl methyl sites for hydroxylation is 2. The largest absolute Gasteiger partial charge is 0.350 e. The van der Waals surface area contributed by atoms with Gasteiger partial charge in [-0.05, 0) is 48.5 Å². The lowest BCUT2D eigenvalue weighted by Gasteiger charge is -2.01. The van der Waals surface area contributed by atoms with Gasteiger partial charge >= 0.3 is 0 Å². The maximum absolute atomic E-state index is 12.4. The zero-order chi connectivity index (χ0) is 18.3. The summed E-state index contributed by atoms with van der Waals surface area (Å²) in [6, 6.07) is 13.7. The molecule has 0 spiro atoms. The molecule has 1 amide bonds. The zero-order valence-electron chi connectivity index (χ0n) is 14.3. The van der Waals surface area contributed by atoms with E-state index >= 15 is 0 Å². The first-order valence-electron chi connectivity index (χ1n) is 8.11. The number of rotatable bonds is 2. The Labute approximate surface area is 160 Å². The summed E-state index contributed by atoms with van der Waals surface area (Å²) in [5.41, 5.74) is 3.90. The Kier molecular flexibility index (Phi) is 4.34. The average molecular weight is 382 g/mol. The van der Waals surface area contributed by atoms with Crippen LogP contribution in [-0.4, -0.2) is 15.6 Å². The van der Waals surface area contributed by atoms with Crippen molar-refractivity contribution in [3.8, 4) is 0 Å². The number of para-hydroxylation sites is 1. The average Bonchev–Trinajstić information content (AvgIpc) is 3.12. The maximum atomic E-state index is 12.4. The molecule has 130 valence electrons. The number of thioether (sulfide) groups is 1. The van der Waals surface area contributed by atoms with Crippen molar-refractivity contribution in [3.63, 3.8) is 0 Å². The van der Waals surface area contributed by atoms with Crippen molar-refractivity contribution in [2.45, 2.75) is 6.92 Å². The normalized spacial score (nSPS) is 17.4. The van der Waals surface area contributed by atoms with Crippen LogP contribution in [0.15, 0.2) is 58.6 Å². The zero-order valence-corrected chi connectivity index (χ0v) is 15.9. The molecular formula is C20H16ClN3OS. The molecule has 1 aliphatic rings. The number of amides is 1. The second-order valence-electron chi connectivity index (χ2n) is 6.13. The van der Waals surface area contributed by atoms with Crippen LogP contribution in [0.5, 0.6) is 0 Å². The Balaban J connectivity index is 1.68. The standard InChI is InChI=1S/C20H16ClN3OS/c1-12-7-8-14(21)10-16(12)22-20-23-19(25)18(26-20)9-13-11-24(2)17-6-4-3-5-15(13)17/h3-11H,1-2H3,(H,22,23,25)/b18-9-.